The quantitative estimate of drug-likeness (QED) is 0.821. The number of methoxy groups -OCH3 is 2. The maximum absolute atomic E-state index is 14.3. The van der Waals surface area contributed by atoms with E-state index in [0.29, 0.717) is 30.2 Å². The molecule has 1 aromatic carbocycles. The molecule has 1 aliphatic heterocycles. The highest BCUT2D eigenvalue weighted by Gasteiger charge is 2.43. The van der Waals surface area contributed by atoms with Gasteiger partial charge in [-0.05, 0) is 12.1 Å². The third-order valence-corrected chi connectivity index (χ3v) is 2.69. The largest absolute Gasteiger partial charge is 0.496 e. The van der Waals surface area contributed by atoms with Crippen molar-refractivity contribution in [2.75, 3.05) is 27.3 Å². The van der Waals surface area contributed by atoms with Crippen molar-refractivity contribution in [1.29, 1.82) is 0 Å². The molecule has 3 nitrogen and oxygen atoms in total. The molecular weight excluding hydrogens is 197 g/mol. The second-order valence-electron chi connectivity index (χ2n) is 3.61. The number of halogens is 1. The lowest BCUT2D eigenvalue weighted by atomic mass is 9.88. The molecule has 1 N–H and O–H groups in total. The van der Waals surface area contributed by atoms with Crippen LogP contribution in [0.25, 0.3) is 0 Å². The lowest BCUT2D eigenvalue weighted by molar-refractivity contribution is 0.0824. The van der Waals surface area contributed by atoms with Crippen molar-refractivity contribution >= 4 is 0 Å². The predicted molar refractivity (Wildman–Crippen MR) is 55.2 cm³/mol. The predicted octanol–water partition coefficient (Wildman–Crippen LogP) is 1.47. The molecule has 1 fully saturated rings. The third-order valence-electron chi connectivity index (χ3n) is 2.69. The first-order chi connectivity index (χ1) is 7.21. The molecule has 15 heavy (non-hydrogen) atoms. The highest BCUT2D eigenvalue weighted by atomic mass is 19.1. The van der Waals surface area contributed by atoms with Gasteiger partial charge in [0, 0.05) is 13.1 Å². The smallest absolute Gasteiger partial charge is 0.167 e. The second kappa shape index (κ2) is 3.70. The van der Waals surface area contributed by atoms with Gasteiger partial charge < -0.3 is 14.8 Å². The second-order valence-corrected chi connectivity index (χ2v) is 3.61. The number of hydrogen-bond donors (Lipinski definition) is 1. The Hall–Kier alpha value is -1.29. The van der Waals surface area contributed by atoms with Crippen LogP contribution in [-0.2, 0) is 5.67 Å². The van der Waals surface area contributed by atoms with Gasteiger partial charge in [0.05, 0.1) is 19.8 Å². The van der Waals surface area contributed by atoms with Crippen molar-refractivity contribution in [3.8, 4) is 11.5 Å². The van der Waals surface area contributed by atoms with Gasteiger partial charge in [-0.1, -0.05) is 6.07 Å². The summed E-state index contributed by atoms with van der Waals surface area (Å²) in [5, 5.41) is 2.92. The standard InChI is InChI=1S/C11H14FNO2/c1-14-8-4-3-5-9(15-2)10(8)11(12)6-13-7-11/h3-5,13H,6-7H2,1-2H3. The molecule has 0 saturated carbocycles. The number of nitrogens with one attached hydrogen (secondary N) is 1. The van der Waals surface area contributed by atoms with Crippen molar-refractivity contribution in [3.05, 3.63) is 23.8 Å². The van der Waals surface area contributed by atoms with E-state index in [2.05, 4.69) is 5.32 Å². The highest BCUT2D eigenvalue weighted by Crippen LogP contribution is 2.42. The Labute approximate surface area is 88.2 Å². The summed E-state index contributed by atoms with van der Waals surface area (Å²) >= 11 is 0. The van der Waals surface area contributed by atoms with Crippen molar-refractivity contribution in [2.45, 2.75) is 5.67 Å². The summed E-state index contributed by atoms with van der Waals surface area (Å²) in [4.78, 5) is 0. The molecule has 1 aromatic rings. The van der Waals surface area contributed by atoms with E-state index in [1.54, 1.807) is 18.2 Å². The lowest BCUT2D eigenvalue weighted by Gasteiger charge is -2.36. The molecule has 0 atom stereocenters. The summed E-state index contributed by atoms with van der Waals surface area (Å²) in [6, 6.07) is 5.28. The summed E-state index contributed by atoms with van der Waals surface area (Å²) in [7, 11) is 3.07. The molecule has 0 aromatic heterocycles. The van der Waals surface area contributed by atoms with E-state index in [1.165, 1.54) is 14.2 Å². The van der Waals surface area contributed by atoms with E-state index in [4.69, 9.17) is 9.47 Å². The van der Waals surface area contributed by atoms with Gasteiger partial charge >= 0.3 is 0 Å². The molecule has 4 heteroatoms. The Morgan fingerprint density at radius 2 is 1.73 bits per heavy atom. The van der Waals surface area contributed by atoms with Crippen molar-refractivity contribution in [2.24, 2.45) is 0 Å². The van der Waals surface area contributed by atoms with Crippen LogP contribution in [0.1, 0.15) is 5.56 Å². The van der Waals surface area contributed by atoms with E-state index >= 15 is 0 Å². The van der Waals surface area contributed by atoms with Crippen LogP contribution in [0.2, 0.25) is 0 Å². The van der Waals surface area contributed by atoms with Crippen LogP contribution < -0.4 is 14.8 Å². The average Bonchev–Trinajstić information content (AvgIpc) is 2.24. The fraction of sp³-hybridized carbons (Fsp3) is 0.455. The van der Waals surface area contributed by atoms with E-state index in [0.717, 1.165) is 0 Å². The summed E-state index contributed by atoms with van der Waals surface area (Å²) in [5.74, 6) is 1.08. The average molecular weight is 211 g/mol. The zero-order chi connectivity index (χ0) is 10.9. The first-order valence-corrected chi connectivity index (χ1v) is 4.82. The molecule has 1 saturated heterocycles. The summed E-state index contributed by atoms with van der Waals surface area (Å²) in [6.45, 7) is 0.619. The zero-order valence-electron chi connectivity index (χ0n) is 8.84. The minimum atomic E-state index is -1.36. The highest BCUT2D eigenvalue weighted by molar-refractivity contribution is 5.50. The Morgan fingerprint density at radius 3 is 2.07 bits per heavy atom. The summed E-state index contributed by atoms with van der Waals surface area (Å²) in [6.07, 6.45) is 0. The number of hydrogen-bond acceptors (Lipinski definition) is 3. The Bertz CT molecular complexity index is 341. The fourth-order valence-electron chi connectivity index (χ4n) is 1.81. The summed E-state index contributed by atoms with van der Waals surface area (Å²) < 4.78 is 24.6. The molecule has 0 aliphatic carbocycles. The Balaban J connectivity index is 2.50. The third kappa shape index (κ3) is 1.55. The van der Waals surface area contributed by atoms with E-state index in [1.807, 2.05) is 0 Å². The van der Waals surface area contributed by atoms with Crippen LogP contribution in [0.5, 0.6) is 11.5 Å². The fourth-order valence-corrected chi connectivity index (χ4v) is 1.81. The van der Waals surface area contributed by atoms with Crippen LogP contribution in [0.3, 0.4) is 0 Å². The van der Waals surface area contributed by atoms with Crippen LogP contribution in [0.4, 0.5) is 4.39 Å². The lowest BCUT2D eigenvalue weighted by Crippen LogP contribution is -2.53. The molecule has 0 radical (unpaired) electrons. The van der Waals surface area contributed by atoms with Gasteiger partial charge in [0.25, 0.3) is 0 Å². The topological polar surface area (TPSA) is 30.5 Å². The minimum Gasteiger partial charge on any atom is -0.496 e. The van der Waals surface area contributed by atoms with Crippen LogP contribution >= 0.6 is 0 Å². The van der Waals surface area contributed by atoms with Gasteiger partial charge in [0.1, 0.15) is 11.5 Å². The zero-order valence-corrected chi connectivity index (χ0v) is 8.84. The van der Waals surface area contributed by atoms with Crippen molar-refractivity contribution in [3.63, 3.8) is 0 Å². The number of ether oxygens (including phenoxy) is 2. The van der Waals surface area contributed by atoms with Gasteiger partial charge in [-0.25, -0.2) is 4.39 Å². The molecule has 1 heterocycles. The number of rotatable bonds is 3. The van der Waals surface area contributed by atoms with Gasteiger partial charge in [-0.2, -0.15) is 0 Å². The molecule has 82 valence electrons. The minimum absolute atomic E-state index is 0.309. The molecule has 0 spiro atoms. The first kappa shape index (κ1) is 10.2. The Kier molecular flexibility index (Phi) is 2.52. The maximum atomic E-state index is 14.3. The Morgan fingerprint density at radius 1 is 1.20 bits per heavy atom. The molecule has 0 bridgehead atoms. The molecule has 2 rings (SSSR count). The SMILES string of the molecule is COc1cccc(OC)c1C1(F)CNC1. The normalized spacial score (nSPS) is 18.1. The van der Waals surface area contributed by atoms with E-state index in [-0.39, 0.29) is 0 Å². The number of benzene rings is 1. The molecule has 1 aliphatic rings. The van der Waals surface area contributed by atoms with Crippen LogP contribution in [0.15, 0.2) is 18.2 Å². The number of alkyl halides is 1. The molecule has 0 unspecified atom stereocenters. The maximum Gasteiger partial charge on any atom is 0.167 e. The van der Waals surface area contributed by atoms with Gasteiger partial charge in [0.2, 0.25) is 0 Å². The van der Waals surface area contributed by atoms with E-state index in [9.17, 15) is 4.39 Å². The van der Waals surface area contributed by atoms with Crippen molar-refractivity contribution in [1.82, 2.24) is 5.32 Å². The monoisotopic (exact) mass is 211 g/mol. The first-order valence-electron chi connectivity index (χ1n) is 4.82. The van der Waals surface area contributed by atoms with Gasteiger partial charge in [-0.3, -0.25) is 0 Å². The summed E-state index contributed by atoms with van der Waals surface area (Å²) in [5.41, 5.74) is -0.855. The van der Waals surface area contributed by atoms with Crippen LogP contribution in [0, 0.1) is 0 Å². The van der Waals surface area contributed by atoms with Crippen LogP contribution in [-0.4, -0.2) is 27.3 Å². The van der Waals surface area contributed by atoms with Crippen molar-refractivity contribution < 1.29 is 13.9 Å². The van der Waals surface area contributed by atoms with Gasteiger partial charge in [0.15, 0.2) is 5.67 Å². The molecular formula is C11H14FNO2. The van der Waals surface area contributed by atoms with E-state index < -0.39 is 5.67 Å². The van der Waals surface area contributed by atoms with Gasteiger partial charge in [-0.15, -0.1) is 0 Å². The molecule has 0 amide bonds.